The van der Waals surface area contributed by atoms with Gasteiger partial charge >= 0.3 is 12.1 Å². The van der Waals surface area contributed by atoms with Crippen LogP contribution in [0.25, 0.3) is 0 Å². The predicted molar refractivity (Wildman–Crippen MR) is 94.5 cm³/mol. The smallest absolute Gasteiger partial charge is 0.285 e. The molecule has 12 heteroatoms. The van der Waals surface area contributed by atoms with Gasteiger partial charge in [-0.25, -0.2) is 15.2 Å². The van der Waals surface area contributed by atoms with Gasteiger partial charge in [-0.15, -0.1) is 0 Å². The summed E-state index contributed by atoms with van der Waals surface area (Å²) in [5.41, 5.74) is 0.727. The molecule has 3 rings (SSSR count). The quantitative estimate of drug-likeness (QED) is 0.251. The summed E-state index contributed by atoms with van der Waals surface area (Å²) in [6.45, 7) is 0. The Morgan fingerprint density at radius 2 is 1.71 bits per heavy atom. The van der Waals surface area contributed by atoms with Gasteiger partial charge < -0.3 is 0 Å². The van der Waals surface area contributed by atoms with Crippen molar-refractivity contribution in [2.24, 2.45) is 5.84 Å². The molecule has 6 nitrogen and oxygen atoms in total. The number of nitrogens with one attached hydrogen (secondary N) is 1. The van der Waals surface area contributed by atoms with Crippen LogP contribution < -0.4 is 15.8 Å². The average Bonchev–Trinajstić information content (AvgIpc) is 3.05. The lowest BCUT2D eigenvalue weighted by atomic mass is 10.2. The maximum atomic E-state index is 13.5. The minimum atomic E-state index is -4.68. The van der Waals surface area contributed by atoms with Crippen molar-refractivity contribution in [2.45, 2.75) is 6.18 Å². The van der Waals surface area contributed by atoms with Gasteiger partial charge in [0.15, 0.2) is 0 Å². The molecular formula is C16H10Cl2F4N5O+. The highest BCUT2D eigenvalue weighted by molar-refractivity contribution is 6.34. The molecule has 1 aliphatic heterocycles. The van der Waals surface area contributed by atoms with Crippen molar-refractivity contribution in [2.75, 3.05) is 0 Å². The number of quaternary nitrogens is 1. The summed E-state index contributed by atoms with van der Waals surface area (Å²) in [6.07, 6.45) is 0.824. The van der Waals surface area contributed by atoms with E-state index in [2.05, 4.69) is 9.97 Å². The Balaban J connectivity index is 2.32. The van der Waals surface area contributed by atoms with Crippen LogP contribution in [-0.4, -0.2) is 15.9 Å². The Labute approximate surface area is 165 Å². The van der Waals surface area contributed by atoms with E-state index in [1.807, 2.05) is 5.43 Å². The fourth-order valence-electron chi connectivity index (χ4n) is 2.75. The molecule has 2 aromatic rings. The van der Waals surface area contributed by atoms with E-state index in [1.54, 1.807) is 0 Å². The zero-order valence-electron chi connectivity index (χ0n) is 13.6. The van der Waals surface area contributed by atoms with Crippen molar-refractivity contribution in [1.82, 2.24) is 19.9 Å². The van der Waals surface area contributed by atoms with E-state index in [9.17, 15) is 22.4 Å². The molecule has 28 heavy (non-hydrogen) atoms. The summed E-state index contributed by atoms with van der Waals surface area (Å²) in [6, 6.07) is 1.59. The molecule has 0 bridgehead atoms. The first-order valence-electron chi connectivity index (χ1n) is 7.46. The second-order valence-electron chi connectivity index (χ2n) is 5.58. The number of hydrazine groups is 1. The number of pyridine rings is 2. The number of hydrogen-bond donors (Lipinski definition) is 2. The topological polar surface area (TPSA) is 80.9 Å². The van der Waals surface area contributed by atoms with Gasteiger partial charge in [0.25, 0.3) is 11.6 Å². The molecule has 1 atom stereocenters. The van der Waals surface area contributed by atoms with Crippen molar-refractivity contribution in [3.63, 3.8) is 0 Å². The maximum Gasteiger partial charge on any atom is 0.417 e. The minimum Gasteiger partial charge on any atom is -0.285 e. The fourth-order valence-corrected chi connectivity index (χ4v) is 3.34. The summed E-state index contributed by atoms with van der Waals surface area (Å²) < 4.78 is 51.6. The predicted octanol–water partition coefficient (Wildman–Crippen LogP) is 3.98. The maximum absolute atomic E-state index is 13.5. The Kier molecular flexibility index (Phi) is 5.15. The molecule has 0 aliphatic carbocycles. The molecule has 0 fully saturated rings. The molecule has 3 N–H and O–H groups in total. The molecule has 2 aromatic heterocycles. The highest BCUT2D eigenvalue weighted by Gasteiger charge is 2.48. The average molecular weight is 435 g/mol. The molecule has 3 heterocycles. The van der Waals surface area contributed by atoms with Crippen LogP contribution in [0.5, 0.6) is 0 Å². The lowest BCUT2D eigenvalue weighted by Gasteiger charge is -2.30. The lowest BCUT2D eigenvalue weighted by molar-refractivity contribution is -0.137. The molecule has 0 spiro atoms. The third-order valence-corrected chi connectivity index (χ3v) is 4.47. The van der Waals surface area contributed by atoms with Crippen LogP contribution in [0.3, 0.4) is 0 Å². The van der Waals surface area contributed by atoms with Crippen LogP contribution in [0, 0.1) is 5.82 Å². The van der Waals surface area contributed by atoms with Gasteiger partial charge in [-0.1, -0.05) is 23.2 Å². The SMILES string of the molecule is NNC(=O)C1=CC=C[N+]1(c1ncc(F)cc1Cl)c1ncc(C(F)(F)F)cc1Cl. The van der Waals surface area contributed by atoms with E-state index in [0.717, 1.165) is 12.3 Å². The first-order chi connectivity index (χ1) is 13.1. The van der Waals surface area contributed by atoms with E-state index in [1.165, 1.54) is 18.4 Å². The van der Waals surface area contributed by atoms with E-state index >= 15 is 0 Å². The van der Waals surface area contributed by atoms with Crippen molar-refractivity contribution in [1.29, 1.82) is 0 Å². The number of hydrogen-bond acceptors (Lipinski definition) is 4. The number of allylic oxidation sites excluding steroid dienone is 2. The van der Waals surface area contributed by atoms with Crippen LogP contribution >= 0.6 is 23.2 Å². The standard InChI is InChI=1S/C16H9Cl2F4N5O/c17-10-4-8(16(20,21)22)6-24-13(10)27(3-1-2-12(27)15(28)26-23)14-11(18)5-9(19)7-25-14/h1-7H,23H2/p+1. The van der Waals surface area contributed by atoms with Crippen molar-refractivity contribution >= 4 is 40.7 Å². The molecule has 0 saturated carbocycles. The highest BCUT2D eigenvalue weighted by Crippen LogP contribution is 2.47. The summed E-state index contributed by atoms with van der Waals surface area (Å²) in [5, 5.41) is -0.626. The van der Waals surface area contributed by atoms with Gasteiger partial charge in [-0.05, 0) is 12.1 Å². The molecule has 1 aliphatic rings. The first-order valence-corrected chi connectivity index (χ1v) is 8.21. The number of carbonyl (C=O) groups is 1. The van der Waals surface area contributed by atoms with Crippen LogP contribution in [0.1, 0.15) is 5.56 Å². The van der Waals surface area contributed by atoms with E-state index in [-0.39, 0.29) is 22.4 Å². The molecule has 0 saturated heterocycles. The second-order valence-corrected chi connectivity index (χ2v) is 6.39. The first kappa shape index (κ1) is 20.2. The number of alkyl halides is 3. The number of nitrogens with two attached hydrogens (primary N) is 1. The van der Waals surface area contributed by atoms with Gasteiger partial charge in [-0.2, -0.15) is 22.6 Å². The molecule has 1 unspecified atom stereocenters. The summed E-state index contributed by atoms with van der Waals surface area (Å²) in [4.78, 5) is 20.1. The Morgan fingerprint density at radius 3 is 2.25 bits per heavy atom. The Morgan fingerprint density at radius 1 is 1.11 bits per heavy atom. The zero-order valence-corrected chi connectivity index (χ0v) is 15.1. The summed E-state index contributed by atoms with van der Waals surface area (Å²) >= 11 is 12.2. The highest BCUT2D eigenvalue weighted by atomic mass is 35.5. The van der Waals surface area contributed by atoms with Crippen LogP contribution in [0.4, 0.5) is 29.2 Å². The largest absolute Gasteiger partial charge is 0.417 e. The number of rotatable bonds is 3. The molecule has 0 radical (unpaired) electrons. The van der Waals surface area contributed by atoms with Crippen LogP contribution in [0.2, 0.25) is 10.0 Å². The minimum absolute atomic E-state index is 0.110. The third-order valence-electron chi connectivity index (χ3n) is 3.91. The van der Waals surface area contributed by atoms with Crippen LogP contribution in [0.15, 0.2) is 48.6 Å². The second kappa shape index (κ2) is 7.13. The Hall–Kier alpha value is -2.53. The van der Waals surface area contributed by atoms with E-state index in [4.69, 9.17) is 29.0 Å². The van der Waals surface area contributed by atoms with E-state index < -0.39 is 33.0 Å². The van der Waals surface area contributed by atoms with Crippen LogP contribution in [-0.2, 0) is 11.0 Å². The monoisotopic (exact) mass is 434 g/mol. The number of amides is 1. The number of nitrogens with zero attached hydrogens (tertiary/aromatic N) is 3. The van der Waals surface area contributed by atoms with Crippen molar-refractivity contribution < 1.29 is 22.4 Å². The lowest BCUT2D eigenvalue weighted by Crippen LogP contribution is -2.46. The van der Waals surface area contributed by atoms with Gasteiger partial charge in [0.05, 0.1) is 11.8 Å². The van der Waals surface area contributed by atoms with Gasteiger partial charge in [0, 0.05) is 18.3 Å². The summed E-state index contributed by atoms with van der Waals surface area (Å²) in [7, 11) is 0. The molecule has 1 amide bonds. The van der Waals surface area contributed by atoms with E-state index in [0.29, 0.717) is 12.3 Å². The molecule has 146 valence electrons. The third kappa shape index (κ3) is 3.24. The van der Waals surface area contributed by atoms with Crippen molar-refractivity contribution in [3.8, 4) is 0 Å². The van der Waals surface area contributed by atoms with Gasteiger partial charge in [-0.3, -0.25) is 10.2 Å². The van der Waals surface area contributed by atoms with Gasteiger partial charge in [0.1, 0.15) is 22.1 Å². The zero-order chi connectivity index (χ0) is 20.7. The summed E-state index contributed by atoms with van der Waals surface area (Å²) in [5.74, 6) is 3.34. The Bertz CT molecular complexity index is 1020. The fraction of sp³-hybridized carbons (Fsp3) is 0.0625. The number of carbonyl (C=O) groups excluding carboxylic acids is 1. The molecule has 0 aromatic carbocycles. The number of halogens is 6. The molecular weight excluding hydrogens is 425 g/mol. The van der Waals surface area contributed by atoms with Crippen molar-refractivity contribution in [3.05, 3.63) is 70.0 Å². The van der Waals surface area contributed by atoms with Gasteiger partial charge in [0.2, 0.25) is 5.70 Å². The normalized spacial score (nSPS) is 18.9. The number of aromatic nitrogens is 2.